The fraction of sp³-hybridized carbons (Fsp3) is 0.688. The monoisotopic (exact) mass is 307 g/mol. The molecule has 1 spiro atoms. The molecule has 2 aliphatic heterocycles. The lowest BCUT2D eigenvalue weighted by Crippen LogP contribution is -2.35. The third kappa shape index (κ3) is 2.87. The summed E-state index contributed by atoms with van der Waals surface area (Å²) in [6.07, 6.45) is 4.74. The molecule has 1 aromatic rings. The summed E-state index contributed by atoms with van der Waals surface area (Å²) in [6.45, 7) is 3.09. The average Bonchev–Trinajstić information content (AvgIpc) is 2.96. The number of hydrogen-bond acceptors (Lipinski definition) is 4. The number of amides is 1. The van der Waals surface area contributed by atoms with Crippen LogP contribution in [-0.2, 0) is 9.47 Å². The molecule has 1 saturated carbocycles. The van der Waals surface area contributed by atoms with Gasteiger partial charge in [-0.2, -0.15) is 0 Å². The van der Waals surface area contributed by atoms with E-state index in [-0.39, 0.29) is 17.6 Å². The zero-order valence-corrected chi connectivity index (χ0v) is 12.9. The second-order valence-electron chi connectivity index (χ2n) is 6.55. The van der Waals surface area contributed by atoms with Gasteiger partial charge in [0.15, 0.2) is 0 Å². The Balaban J connectivity index is 1.34. The van der Waals surface area contributed by atoms with Crippen molar-refractivity contribution in [2.45, 2.75) is 37.4 Å². The van der Waals surface area contributed by atoms with E-state index in [4.69, 9.17) is 9.47 Å². The third-order valence-electron chi connectivity index (χ3n) is 4.78. The number of carbonyl (C=O) groups excluding carboxylic acids is 1. The third-order valence-corrected chi connectivity index (χ3v) is 5.63. The van der Waals surface area contributed by atoms with Crippen LogP contribution in [0.25, 0.3) is 0 Å². The molecule has 2 unspecified atom stereocenters. The van der Waals surface area contributed by atoms with Gasteiger partial charge in [0, 0.05) is 19.6 Å². The first-order valence-electron chi connectivity index (χ1n) is 7.82. The zero-order valence-electron chi connectivity index (χ0n) is 12.1. The Hall–Kier alpha value is -0.910. The van der Waals surface area contributed by atoms with E-state index in [1.807, 2.05) is 22.4 Å². The number of likely N-dealkylation sites (tertiary alicyclic amines) is 1. The average molecular weight is 307 g/mol. The first-order valence-corrected chi connectivity index (χ1v) is 8.70. The Morgan fingerprint density at radius 2 is 2.43 bits per heavy atom. The highest BCUT2D eigenvalue weighted by atomic mass is 32.1. The molecule has 0 aromatic carbocycles. The van der Waals surface area contributed by atoms with Gasteiger partial charge in [0.05, 0.1) is 29.7 Å². The van der Waals surface area contributed by atoms with Crippen LogP contribution < -0.4 is 0 Å². The Labute approximate surface area is 129 Å². The van der Waals surface area contributed by atoms with Crippen LogP contribution >= 0.6 is 11.3 Å². The second kappa shape index (κ2) is 5.38. The van der Waals surface area contributed by atoms with Gasteiger partial charge in [-0.25, -0.2) is 0 Å². The fourth-order valence-corrected chi connectivity index (χ4v) is 4.02. The molecule has 0 radical (unpaired) electrons. The van der Waals surface area contributed by atoms with Crippen molar-refractivity contribution in [3.8, 4) is 0 Å². The Bertz CT molecular complexity index is 514. The summed E-state index contributed by atoms with van der Waals surface area (Å²) in [5.74, 6) is 0.940. The van der Waals surface area contributed by atoms with Crippen molar-refractivity contribution in [1.82, 2.24) is 4.90 Å². The molecule has 114 valence electrons. The molecule has 0 bridgehead atoms. The standard InChI is InChI=1S/C16H21NO3S/c18-15(14-2-1-7-21-14)17-6-5-16(11-17)8-13(10-20-16)19-9-12-3-4-12/h1-2,7,12-13H,3-6,8-11H2. The largest absolute Gasteiger partial charge is 0.375 e. The summed E-state index contributed by atoms with van der Waals surface area (Å²) in [7, 11) is 0. The maximum absolute atomic E-state index is 12.4. The van der Waals surface area contributed by atoms with Crippen molar-refractivity contribution in [3.05, 3.63) is 22.4 Å². The van der Waals surface area contributed by atoms with Gasteiger partial charge in [0.2, 0.25) is 0 Å². The molecule has 3 heterocycles. The molecule has 4 nitrogen and oxygen atoms in total. The number of rotatable bonds is 4. The molecule has 2 atom stereocenters. The first kappa shape index (κ1) is 13.7. The van der Waals surface area contributed by atoms with Crippen molar-refractivity contribution in [2.24, 2.45) is 5.92 Å². The molecular formula is C16H21NO3S. The Morgan fingerprint density at radius 3 is 3.19 bits per heavy atom. The lowest BCUT2D eigenvalue weighted by atomic mass is 9.98. The maximum atomic E-state index is 12.4. The van der Waals surface area contributed by atoms with Crippen LogP contribution in [0.1, 0.15) is 35.4 Å². The van der Waals surface area contributed by atoms with Gasteiger partial charge in [-0.15, -0.1) is 11.3 Å². The molecular weight excluding hydrogens is 286 g/mol. The number of thiophene rings is 1. The molecule has 3 fully saturated rings. The molecule has 21 heavy (non-hydrogen) atoms. The summed E-state index contributed by atoms with van der Waals surface area (Å²) < 4.78 is 12.0. The summed E-state index contributed by atoms with van der Waals surface area (Å²) in [4.78, 5) is 15.2. The van der Waals surface area contributed by atoms with Gasteiger partial charge < -0.3 is 14.4 Å². The van der Waals surface area contributed by atoms with Crippen molar-refractivity contribution in [3.63, 3.8) is 0 Å². The van der Waals surface area contributed by atoms with Gasteiger partial charge in [-0.3, -0.25) is 4.79 Å². The van der Waals surface area contributed by atoms with E-state index < -0.39 is 0 Å². The van der Waals surface area contributed by atoms with Crippen molar-refractivity contribution in [2.75, 3.05) is 26.3 Å². The Kier molecular flexibility index (Phi) is 3.52. The molecule has 2 saturated heterocycles. The lowest BCUT2D eigenvalue weighted by molar-refractivity contribution is 0.00160. The quantitative estimate of drug-likeness (QED) is 0.858. The van der Waals surface area contributed by atoms with E-state index in [0.29, 0.717) is 13.2 Å². The van der Waals surface area contributed by atoms with E-state index in [1.165, 1.54) is 24.2 Å². The highest BCUT2D eigenvalue weighted by Gasteiger charge is 2.47. The van der Waals surface area contributed by atoms with E-state index in [0.717, 1.165) is 36.8 Å². The maximum Gasteiger partial charge on any atom is 0.264 e. The molecule has 4 rings (SSSR count). The van der Waals surface area contributed by atoms with Crippen LogP contribution in [0.3, 0.4) is 0 Å². The second-order valence-corrected chi connectivity index (χ2v) is 7.50. The molecule has 3 aliphatic rings. The molecule has 1 amide bonds. The highest BCUT2D eigenvalue weighted by molar-refractivity contribution is 7.12. The summed E-state index contributed by atoms with van der Waals surface area (Å²) in [5.41, 5.74) is -0.152. The molecule has 1 aliphatic carbocycles. The van der Waals surface area contributed by atoms with Crippen molar-refractivity contribution >= 4 is 17.2 Å². The minimum Gasteiger partial charge on any atom is -0.375 e. The predicted octanol–water partition coefficient (Wildman–Crippen LogP) is 2.55. The van der Waals surface area contributed by atoms with Crippen LogP contribution in [-0.4, -0.2) is 48.8 Å². The first-order chi connectivity index (χ1) is 10.2. The minimum atomic E-state index is -0.152. The smallest absolute Gasteiger partial charge is 0.264 e. The number of nitrogens with zero attached hydrogens (tertiary/aromatic N) is 1. The van der Waals surface area contributed by atoms with Crippen LogP contribution in [0.4, 0.5) is 0 Å². The van der Waals surface area contributed by atoms with Crippen molar-refractivity contribution < 1.29 is 14.3 Å². The molecule has 0 N–H and O–H groups in total. The van der Waals surface area contributed by atoms with Gasteiger partial charge in [0.25, 0.3) is 5.91 Å². The van der Waals surface area contributed by atoms with E-state index in [1.54, 1.807) is 0 Å². The van der Waals surface area contributed by atoms with Gasteiger partial charge in [-0.05, 0) is 36.6 Å². The van der Waals surface area contributed by atoms with Gasteiger partial charge in [-0.1, -0.05) is 6.07 Å². The predicted molar refractivity (Wildman–Crippen MR) is 80.6 cm³/mol. The van der Waals surface area contributed by atoms with Gasteiger partial charge in [0.1, 0.15) is 0 Å². The Morgan fingerprint density at radius 1 is 1.52 bits per heavy atom. The fourth-order valence-electron chi connectivity index (χ4n) is 3.32. The van der Waals surface area contributed by atoms with Crippen LogP contribution in [0.5, 0.6) is 0 Å². The van der Waals surface area contributed by atoms with E-state index in [2.05, 4.69) is 0 Å². The van der Waals surface area contributed by atoms with Crippen LogP contribution in [0.15, 0.2) is 17.5 Å². The van der Waals surface area contributed by atoms with Gasteiger partial charge >= 0.3 is 0 Å². The topological polar surface area (TPSA) is 38.8 Å². The summed E-state index contributed by atoms with van der Waals surface area (Å²) >= 11 is 1.51. The number of hydrogen-bond donors (Lipinski definition) is 0. The lowest BCUT2D eigenvalue weighted by Gasteiger charge is -2.23. The SMILES string of the molecule is O=C(c1cccs1)N1CCC2(CC(OCC3CC3)CO2)C1. The normalized spacial score (nSPS) is 32.2. The van der Waals surface area contributed by atoms with Crippen LogP contribution in [0.2, 0.25) is 0 Å². The van der Waals surface area contributed by atoms with Crippen molar-refractivity contribution in [1.29, 1.82) is 0 Å². The summed E-state index contributed by atoms with van der Waals surface area (Å²) in [6, 6.07) is 3.83. The highest BCUT2D eigenvalue weighted by Crippen LogP contribution is 2.38. The zero-order chi connectivity index (χ0) is 14.3. The van der Waals surface area contributed by atoms with E-state index in [9.17, 15) is 4.79 Å². The van der Waals surface area contributed by atoms with Crippen LogP contribution in [0, 0.1) is 5.92 Å². The summed E-state index contributed by atoms with van der Waals surface area (Å²) in [5, 5.41) is 1.95. The van der Waals surface area contributed by atoms with E-state index >= 15 is 0 Å². The minimum absolute atomic E-state index is 0.146. The number of ether oxygens (including phenoxy) is 2. The number of carbonyl (C=O) groups is 1. The molecule has 5 heteroatoms. The molecule has 1 aromatic heterocycles.